The van der Waals surface area contributed by atoms with Gasteiger partial charge in [-0.25, -0.2) is 4.98 Å². The summed E-state index contributed by atoms with van der Waals surface area (Å²) in [6.07, 6.45) is 6.83. The third kappa shape index (κ3) is 4.41. The van der Waals surface area contributed by atoms with Gasteiger partial charge in [0.05, 0.1) is 29.0 Å². The molecule has 8 heteroatoms. The van der Waals surface area contributed by atoms with Crippen molar-refractivity contribution < 1.29 is 9.59 Å². The van der Waals surface area contributed by atoms with Gasteiger partial charge in [-0.2, -0.15) is 5.10 Å². The maximum absolute atomic E-state index is 12.2. The molecule has 1 aliphatic heterocycles. The number of aromatic nitrogens is 3. The molecule has 0 radical (unpaired) electrons. The Balaban J connectivity index is 1.51. The number of likely N-dealkylation sites (tertiary alicyclic amines) is 1. The summed E-state index contributed by atoms with van der Waals surface area (Å²) >= 11 is 1.53. The number of nitrogens with zero attached hydrogens (tertiary/aromatic N) is 4. The van der Waals surface area contributed by atoms with Gasteiger partial charge in [0.1, 0.15) is 6.54 Å². The zero-order valence-corrected chi connectivity index (χ0v) is 14.5. The summed E-state index contributed by atoms with van der Waals surface area (Å²) in [6, 6.07) is 0. The Labute approximate surface area is 144 Å². The van der Waals surface area contributed by atoms with Gasteiger partial charge in [0, 0.05) is 24.7 Å². The van der Waals surface area contributed by atoms with Crippen molar-refractivity contribution in [3.8, 4) is 0 Å². The molecule has 128 valence electrons. The lowest BCUT2D eigenvalue weighted by Gasteiger charge is -2.26. The summed E-state index contributed by atoms with van der Waals surface area (Å²) in [4.78, 5) is 30.4. The molecular weight excluding hydrogens is 326 g/mol. The van der Waals surface area contributed by atoms with E-state index in [1.54, 1.807) is 17.1 Å². The number of hydrogen-bond acceptors (Lipinski definition) is 5. The number of carbonyl (C=O) groups is 2. The third-order valence-electron chi connectivity index (χ3n) is 3.93. The predicted molar refractivity (Wildman–Crippen MR) is 91.8 cm³/mol. The van der Waals surface area contributed by atoms with Crippen molar-refractivity contribution in [2.24, 2.45) is 0 Å². The molecule has 3 heterocycles. The second kappa shape index (κ2) is 7.57. The minimum atomic E-state index is -0.137. The van der Waals surface area contributed by atoms with E-state index in [1.807, 2.05) is 17.2 Å². The summed E-state index contributed by atoms with van der Waals surface area (Å²) in [5, 5.41) is 9.78. The number of rotatable bonds is 5. The van der Waals surface area contributed by atoms with Gasteiger partial charge in [0.15, 0.2) is 0 Å². The van der Waals surface area contributed by atoms with Gasteiger partial charge in [-0.1, -0.05) is 0 Å². The Hall–Kier alpha value is -2.22. The van der Waals surface area contributed by atoms with Crippen molar-refractivity contribution in [3.05, 3.63) is 28.5 Å². The van der Waals surface area contributed by atoms with E-state index >= 15 is 0 Å². The van der Waals surface area contributed by atoms with E-state index in [9.17, 15) is 9.59 Å². The number of piperidine rings is 1. The number of nitrogens with one attached hydrogen (secondary N) is 1. The van der Waals surface area contributed by atoms with Gasteiger partial charge in [0.25, 0.3) is 0 Å². The van der Waals surface area contributed by atoms with E-state index in [0.717, 1.165) is 36.6 Å². The molecule has 1 fully saturated rings. The molecule has 1 saturated heterocycles. The van der Waals surface area contributed by atoms with Crippen LogP contribution in [0.1, 0.15) is 30.0 Å². The van der Waals surface area contributed by atoms with Gasteiger partial charge in [-0.15, -0.1) is 11.3 Å². The van der Waals surface area contributed by atoms with E-state index in [2.05, 4.69) is 15.4 Å². The summed E-state index contributed by atoms with van der Waals surface area (Å²) in [6.45, 7) is 3.78. The van der Waals surface area contributed by atoms with Crippen LogP contribution in [0.5, 0.6) is 0 Å². The van der Waals surface area contributed by atoms with E-state index < -0.39 is 0 Å². The lowest BCUT2D eigenvalue weighted by Crippen LogP contribution is -2.37. The fraction of sp³-hybridized carbons (Fsp3) is 0.500. The first-order valence-electron chi connectivity index (χ1n) is 8.11. The molecule has 1 N–H and O–H groups in total. The smallest absolute Gasteiger partial charge is 0.244 e. The number of thiazole rings is 1. The number of carbonyl (C=O) groups excluding carboxylic acids is 2. The van der Waals surface area contributed by atoms with E-state index in [0.29, 0.717) is 5.69 Å². The molecule has 1 aliphatic rings. The number of amides is 2. The number of aryl methyl sites for hydroxylation is 1. The summed E-state index contributed by atoms with van der Waals surface area (Å²) in [7, 11) is 0. The second-order valence-electron chi connectivity index (χ2n) is 5.95. The Morgan fingerprint density at radius 3 is 2.79 bits per heavy atom. The molecule has 0 bridgehead atoms. The van der Waals surface area contributed by atoms with Crippen LogP contribution in [0.15, 0.2) is 17.8 Å². The highest BCUT2D eigenvalue weighted by Gasteiger charge is 2.17. The Kier molecular flexibility index (Phi) is 5.24. The molecule has 3 rings (SSSR count). The monoisotopic (exact) mass is 347 g/mol. The number of anilines is 1. The van der Waals surface area contributed by atoms with Gasteiger partial charge in [0.2, 0.25) is 11.8 Å². The average molecular weight is 347 g/mol. The van der Waals surface area contributed by atoms with Crippen molar-refractivity contribution in [2.75, 3.05) is 18.4 Å². The summed E-state index contributed by atoms with van der Waals surface area (Å²) < 4.78 is 1.57. The molecule has 24 heavy (non-hydrogen) atoms. The highest BCUT2D eigenvalue weighted by atomic mass is 32.1. The lowest BCUT2D eigenvalue weighted by atomic mass is 10.1. The minimum absolute atomic E-state index is 0.0774. The fourth-order valence-corrected chi connectivity index (χ4v) is 3.37. The first-order chi connectivity index (χ1) is 11.6. The molecular formula is C16H21N5O2S. The molecule has 0 saturated carbocycles. The van der Waals surface area contributed by atoms with Crippen molar-refractivity contribution in [2.45, 2.75) is 39.2 Å². The highest BCUT2D eigenvalue weighted by Crippen LogP contribution is 2.12. The van der Waals surface area contributed by atoms with Crippen molar-refractivity contribution in [3.63, 3.8) is 0 Å². The first-order valence-corrected chi connectivity index (χ1v) is 8.99. The Morgan fingerprint density at radius 2 is 2.08 bits per heavy atom. The van der Waals surface area contributed by atoms with E-state index in [4.69, 9.17) is 0 Å². The number of hydrogen-bond donors (Lipinski definition) is 1. The Bertz CT molecular complexity index is 718. The summed E-state index contributed by atoms with van der Waals surface area (Å²) in [5.41, 5.74) is 1.36. The third-order valence-corrected chi connectivity index (χ3v) is 4.75. The zero-order valence-electron chi connectivity index (χ0n) is 13.7. The van der Waals surface area contributed by atoms with Gasteiger partial charge < -0.3 is 10.2 Å². The normalized spacial score (nSPS) is 14.6. The average Bonchev–Trinajstić information content (AvgIpc) is 3.17. The molecule has 2 aromatic rings. The van der Waals surface area contributed by atoms with Gasteiger partial charge >= 0.3 is 0 Å². The van der Waals surface area contributed by atoms with Crippen LogP contribution in [0.25, 0.3) is 0 Å². The molecule has 0 unspecified atom stereocenters. The molecule has 2 amide bonds. The van der Waals surface area contributed by atoms with Crippen LogP contribution < -0.4 is 5.32 Å². The second-order valence-corrected chi connectivity index (χ2v) is 7.01. The van der Waals surface area contributed by atoms with Crippen LogP contribution >= 0.6 is 11.3 Å². The van der Waals surface area contributed by atoms with Crippen molar-refractivity contribution >= 4 is 28.8 Å². The largest absolute Gasteiger partial charge is 0.341 e. The van der Waals surface area contributed by atoms with Gasteiger partial charge in [-0.3, -0.25) is 14.3 Å². The van der Waals surface area contributed by atoms with Crippen molar-refractivity contribution in [1.82, 2.24) is 19.7 Å². The molecule has 0 aliphatic carbocycles. The van der Waals surface area contributed by atoms with Crippen LogP contribution in [0, 0.1) is 6.92 Å². The van der Waals surface area contributed by atoms with Crippen LogP contribution in [0.4, 0.5) is 5.69 Å². The first kappa shape index (κ1) is 16.6. The van der Waals surface area contributed by atoms with Crippen LogP contribution in [0.3, 0.4) is 0 Å². The van der Waals surface area contributed by atoms with E-state index in [-0.39, 0.29) is 24.8 Å². The van der Waals surface area contributed by atoms with Crippen LogP contribution in [-0.4, -0.2) is 44.6 Å². The molecule has 7 nitrogen and oxygen atoms in total. The lowest BCUT2D eigenvalue weighted by molar-refractivity contribution is -0.132. The topological polar surface area (TPSA) is 80.1 Å². The maximum Gasteiger partial charge on any atom is 0.244 e. The fourth-order valence-electron chi connectivity index (χ4n) is 2.76. The van der Waals surface area contributed by atoms with Crippen LogP contribution in [0.2, 0.25) is 0 Å². The van der Waals surface area contributed by atoms with Gasteiger partial charge in [-0.05, 0) is 26.2 Å². The zero-order chi connectivity index (χ0) is 16.9. The SMILES string of the molecule is Cc1nc(CC(=O)Nc2cnn(CC(=O)N3CCCCC3)c2)cs1. The predicted octanol–water partition coefficient (Wildman–Crippen LogP) is 1.84. The molecule has 0 spiro atoms. The highest BCUT2D eigenvalue weighted by molar-refractivity contribution is 7.09. The maximum atomic E-state index is 12.2. The quantitative estimate of drug-likeness (QED) is 0.895. The minimum Gasteiger partial charge on any atom is -0.341 e. The van der Waals surface area contributed by atoms with E-state index in [1.165, 1.54) is 17.8 Å². The van der Waals surface area contributed by atoms with Crippen molar-refractivity contribution in [1.29, 1.82) is 0 Å². The molecule has 0 atom stereocenters. The molecule has 0 aromatic carbocycles. The summed E-state index contributed by atoms with van der Waals surface area (Å²) in [5.74, 6) is -0.0594. The Morgan fingerprint density at radius 1 is 1.29 bits per heavy atom. The molecule has 2 aromatic heterocycles. The van der Waals surface area contributed by atoms with Crippen LogP contribution in [-0.2, 0) is 22.6 Å². The standard InChI is InChI=1S/C16H21N5O2S/c1-12-18-13(11-24-12)7-15(22)19-14-8-17-21(9-14)10-16(23)20-5-3-2-4-6-20/h8-9,11H,2-7,10H2,1H3,(H,19,22).